The van der Waals surface area contributed by atoms with E-state index in [1.807, 2.05) is 0 Å². The average molecular weight is 241 g/mol. The van der Waals surface area contributed by atoms with Gasteiger partial charge in [-0.25, -0.2) is 8.78 Å². The number of halogens is 2. The summed E-state index contributed by atoms with van der Waals surface area (Å²) in [6.45, 7) is 5.33. The van der Waals surface area contributed by atoms with Crippen molar-refractivity contribution in [1.29, 1.82) is 0 Å². The van der Waals surface area contributed by atoms with Crippen molar-refractivity contribution in [3.05, 3.63) is 35.4 Å². The molecule has 0 saturated carbocycles. The second-order valence-corrected chi connectivity index (χ2v) is 5.08. The van der Waals surface area contributed by atoms with Crippen LogP contribution in [0, 0.1) is 11.6 Å². The topological polar surface area (TPSA) is 21.3 Å². The van der Waals surface area contributed by atoms with Crippen LogP contribution in [-0.2, 0) is 4.74 Å². The highest BCUT2D eigenvalue weighted by Gasteiger charge is 2.25. The van der Waals surface area contributed by atoms with E-state index >= 15 is 0 Å². The zero-order valence-corrected chi connectivity index (χ0v) is 10.1. The van der Waals surface area contributed by atoms with E-state index in [0.29, 0.717) is 18.7 Å². The zero-order valence-electron chi connectivity index (χ0n) is 10.1. The second-order valence-electron chi connectivity index (χ2n) is 5.08. The fraction of sp³-hybridized carbons (Fsp3) is 0.538. The minimum Gasteiger partial charge on any atom is -0.372 e. The number of rotatable bonds is 1. The molecule has 1 unspecified atom stereocenters. The van der Waals surface area contributed by atoms with Crippen LogP contribution >= 0.6 is 0 Å². The molecule has 1 fully saturated rings. The predicted molar refractivity (Wildman–Crippen MR) is 61.7 cm³/mol. The minimum atomic E-state index is -0.563. The molecule has 0 spiro atoms. The summed E-state index contributed by atoms with van der Waals surface area (Å²) in [6.07, 6.45) is 0.586. The molecule has 4 heteroatoms. The summed E-state index contributed by atoms with van der Waals surface area (Å²) in [5.74, 6) is -1.13. The quantitative estimate of drug-likeness (QED) is 0.816. The van der Waals surface area contributed by atoms with Gasteiger partial charge in [-0.2, -0.15) is 0 Å². The van der Waals surface area contributed by atoms with Crippen LogP contribution in [0.25, 0.3) is 0 Å². The Labute approximate surface area is 100.0 Å². The number of hydrogen-bond acceptors (Lipinski definition) is 2. The van der Waals surface area contributed by atoms with Gasteiger partial charge in [0.05, 0.1) is 6.10 Å². The molecule has 17 heavy (non-hydrogen) atoms. The van der Waals surface area contributed by atoms with Crippen molar-refractivity contribution in [2.75, 3.05) is 13.2 Å². The molecule has 1 atom stereocenters. The van der Waals surface area contributed by atoms with Crippen LogP contribution in [0.2, 0.25) is 0 Å². The Morgan fingerprint density at radius 2 is 1.88 bits per heavy atom. The molecule has 1 heterocycles. The van der Waals surface area contributed by atoms with Gasteiger partial charge >= 0.3 is 0 Å². The Morgan fingerprint density at radius 3 is 2.53 bits per heavy atom. The molecular formula is C13H17F2NO. The molecule has 94 valence electrons. The highest BCUT2D eigenvalue weighted by molar-refractivity contribution is 5.21. The van der Waals surface area contributed by atoms with Gasteiger partial charge in [-0.3, -0.25) is 0 Å². The molecule has 0 aliphatic carbocycles. The third-order valence-corrected chi connectivity index (χ3v) is 3.07. The Hall–Kier alpha value is -1.00. The summed E-state index contributed by atoms with van der Waals surface area (Å²) in [5, 5.41) is 3.34. The normalized spacial score (nSPS) is 24.4. The lowest BCUT2D eigenvalue weighted by Gasteiger charge is -2.23. The summed E-state index contributed by atoms with van der Waals surface area (Å²) in [5.41, 5.74) is 0.549. The largest absolute Gasteiger partial charge is 0.372 e. The van der Waals surface area contributed by atoms with Gasteiger partial charge < -0.3 is 10.1 Å². The molecule has 1 aromatic rings. The predicted octanol–water partition coefficient (Wildman–Crippen LogP) is 2.79. The minimum absolute atomic E-state index is 0.000615. The Balaban J connectivity index is 2.17. The molecule has 1 aliphatic heterocycles. The first-order valence-electron chi connectivity index (χ1n) is 5.79. The smallest absolute Gasteiger partial charge is 0.126 e. The fourth-order valence-corrected chi connectivity index (χ4v) is 1.95. The molecule has 2 rings (SSSR count). The molecule has 0 amide bonds. The van der Waals surface area contributed by atoms with E-state index in [-0.39, 0.29) is 11.6 Å². The first kappa shape index (κ1) is 12.5. The van der Waals surface area contributed by atoms with E-state index in [1.54, 1.807) is 0 Å². The maximum atomic E-state index is 13.1. The fourth-order valence-electron chi connectivity index (χ4n) is 1.95. The van der Waals surface area contributed by atoms with E-state index in [0.717, 1.165) is 12.5 Å². The van der Waals surface area contributed by atoms with E-state index in [2.05, 4.69) is 19.2 Å². The van der Waals surface area contributed by atoms with Gasteiger partial charge in [0.2, 0.25) is 0 Å². The standard InChI is InChI=1S/C13H17F2NO/c1-13(2)3-4-17-12(8-16-13)9-5-10(14)7-11(15)6-9/h5-7,12,16H,3-4,8H2,1-2H3. The van der Waals surface area contributed by atoms with Crippen molar-refractivity contribution in [1.82, 2.24) is 5.32 Å². The molecule has 1 saturated heterocycles. The monoisotopic (exact) mass is 241 g/mol. The Kier molecular flexibility index (Phi) is 3.45. The van der Waals surface area contributed by atoms with E-state index in [4.69, 9.17) is 4.74 Å². The lowest BCUT2D eigenvalue weighted by atomic mass is 10.0. The van der Waals surface area contributed by atoms with Crippen molar-refractivity contribution < 1.29 is 13.5 Å². The number of nitrogens with one attached hydrogen (secondary N) is 1. The van der Waals surface area contributed by atoms with Gasteiger partial charge in [0.25, 0.3) is 0 Å². The van der Waals surface area contributed by atoms with Crippen molar-refractivity contribution in [3.63, 3.8) is 0 Å². The van der Waals surface area contributed by atoms with E-state index < -0.39 is 11.6 Å². The molecule has 0 aromatic heterocycles. The van der Waals surface area contributed by atoms with Crippen molar-refractivity contribution >= 4 is 0 Å². The number of ether oxygens (including phenoxy) is 1. The van der Waals surface area contributed by atoms with Crippen LogP contribution in [0.3, 0.4) is 0 Å². The molecule has 0 bridgehead atoms. The van der Waals surface area contributed by atoms with Crippen molar-refractivity contribution in [2.45, 2.75) is 31.9 Å². The summed E-state index contributed by atoms with van der Waals surface area (Å²) >= 11 is 0. The van der Waals surface area contributed by atoms with Crippen LogP contribution in [-0.4, -0.2) is 18.7 Å². The first-order valence-corrected chi connectivity index (χ1v) is 5.79. The van der Waals surface area contributed by atoms with Gasteiger partial charge in [-0.05, 0) is 38.0 Å². The van der Waals surface area contributed by atoms with Gasteiger partial charge in [-0.1, -0.05) is 0 Å². The average Bonchev–Trinajstić information content (AvgIpc) is 2.38. The molecule has 1 aromatic carbocycles. The van der Waals surface area contributed by atoms with Crippen LogP contribution < -0.4 is 5.32 Å². The lowest BCUT2D eigenvalue weighted by molar-refractivity contribution is 0.0652. The van der Waals surface area contributed by atoms with Crippen LogP contribution in [0.5, 0.6) is 0 Å². The van der Waals surface area contributed by atoms with Gasteiger partial charge in [-0.15, -0.1) is 0 Å². The summed E-state index contributed by atoms with van der Waals surface area (Å²) in [7, 11) is 0. The summed E-state index contributed by atoms with van der Waals surface area (Å²) in [6, 6.07) is 3.53. The molecule has 1 aliphatic rings. The van der Waals surface area contributed by atoms with E-state index in [9.17, 15) is 8.78 Å². The highest BCUT2D eigenvalue weighted by Crippen LogP contribution is 2.24. The summed E-state index contributed by atoms with van der Waals surface area (Å²) < 4.78 is 31.9. The molecule has 2 nitrogen and oxygen atoms in total. The third kappa shape index (κ3) is 3.23. The number of hydrogen-bond donors (Lipinski definition) is 1. The molecular weight excluding hydrogens is 224 g/mol. The molecule has 1 N–H and O–H groups in total. The number of benzene rings is 1. The van der Waals surface area contributed by atoms with Crippen LogP contribution in [0.4, 0.5) is 8.78 Å². The third-order valence-electron chi connectivity index (χ3n) is 3.07. The highest BCUT2D eigenvalue weighted by atomic mass is 19.1. The maximum absolute atomic E-state index is 13.1. The summed E-state index contributed by atoms with van der Waals surface area (Å²) in [4.78, 5) is 0. The van der Waals surface area contributed by atoms with Gasteiger partial charge in [0.1, 0.15) is 11.6 Å². The Bertz CT molecular complexity index is 386. The Morgan fingerprint density at radius 1 is 1.24 bits per heavy atom. The van der Waals surface area contributed by atoms with Gasteiger partial charge in [0.15, 0.2) is 0 Å². The van der Waals surface area contributed by atoms with E-state index in [1.165, 1.54) is 12.1 Å². The first-order chi connectivity index (χ1) is 7.96. The lowest BCUT2D eigenvalue weighted by Crippen LogP contribution is -2.39. The maximum Gasteiger partial charge on any atom is 0.126 e. The second kappa shape index (κ2) is 4.70. The van der Waals surface area contributed by atoms with Gasteiger partial charge in [0, 0.05) is 24.8 Å². The molecule has 0 radical (unpaired) electrons. The van der Waals surface area contributed by atoms with Crippen LogP contribution in [0.1, 0.15) is 31.9 Å². The van der Waals surface area contributed by atoms with Crippen LogP contribution in [0.15, 0.2) is 18.2 Å². The SMILES string of the molecule is CC1(C)CCOC(c2cc(F)cc(F)c2)CN1. The van der Waals surface area contributed by atoms with Crippen molar-refractivity contribution in [2.24, 2.45) is 0 Å². The van der Waals surface area contributed by atoms with Crippen molar-refractivity contribution in [3.8, 4) is 0 Å². The zero-order chi connectivity index (χ0) is 12.5.